The predicted octanol–water partition coefficient (Wildman–Crippen LogP) is 4.89. The molecule has 3 heterocycles. The van der Waals surface area contributed by atoms with Gasteiger partial charge in [-0.2, -0.15) is 0 Å². The first-order chi connectivity index (χ1) is 15.8. The van der Waals surface area contributed by atoms with E-state index in [-0.39, 0.29) is 41.6 Å². The summed E-state index contributed by atoms with van der Waals surface area (Å²) in [4.78, 5) is 30.4. The molecule has 8 heteroatoms. The smallest absolute Gasteiger partial charge is 0.185 e. The lowest BCUT2D eigenvalue weighted by molar-refractivity contribution is 0.0978. The number of halogens is 2. The van der Waals surface area contributed by atoms with Gasteiger partial charge in [0.25, 0.3) is 0 Å². The molecule has 3 aromatic heterocycles. The molecule has 4 rings (SSSR count). The highest BCUT2D eigenvalue weighted by Crippen LogP contribution is 2.32. The molecule has 4 aromatic rings. The molecule has 166 valence electrons. The maximum atomic E-state index is 13.9. The normalized spacial score (nSPS) is 10.9. The summed E-state index contributed by atoms with van der Waals surface area (Å²) in [6.07, 6.45) is 1.55. The first kappa shape index (κ1) is 22.1. The van der Waals surface area contributed by atoms with Gasteiger partial charge in [-0.25, -0.2) is 18.7 Å². The lowest BCUT2D eigenvalue weighted by atomic mass is 10.0. The number of aryl methyl sites for hydroxylation is 3. The zero-order valence-electron chi connectivity index (χ0n) is 18.1. The van der Waals surface area contributed by atoms with Gasteiger partial charge in [0.05, 0.1) is 17.1 Å². The van der Waals surface area contributed by atoms with Gasteiger partial charge in [0.1, 0.15) is 17.3 Å². The minimum Gasteiger partial charge on any atom is -0.382 e. The molecule has 1 aromatic carbocycles. The molecule has 0 radical (unpaired) electrons. The summed E-state index contributed by atoms with van der Waals surface area (Å²) in [5.41, 5.74) is 10.0. The maximum absolute atomic E-state index is 13.9. The second kappa shape index (κ2) is 9.20. The number of benzene rings is 1. The van der Waals surface area contributed by atoms with Gasteiger partial charge in [-0.1, -0.05) is 0 Å². The summed E-state index contributed by atoms with van der Waals surface area (Å²) in [5.74, 6) is -1.28. The van der Waals surface area contributed by atoms with Crippen molar-refractivity contribution in [3.8, 4) is 22.5 Å². The number of anilines is 1. The van der Waals surface area contributed by atoms with Crippen LogP contribution in [0, 0.1) is 25.5 Å². The Kier molecular flexibility index (Phi) is 6.17. The van der Waals surface area contributed by atoms with Crippen molar-refractivity contribution in [3.63, 3.8) is 0 Å². The van der Waals surface area contributed by atoms with Crippen LogP contribution in [0.1, 0.15) is 34.0 Å². The molecule has 0 unspecified atom stereocenters. The van der Waals surface area contributed by atoms with Gasteiger partial charge in [0.15, 0.2) is 11.6 Å². The molecule has 2 N–H and O–H groups in total. The number of nitrogen functional groups attached to an aromatic ring is 1. The lowest BCUT2D eigenvalue weighted by Crippen LogP contribution is -2.12. The SMILES string of the molecule is Cc1cc(-c2nc(C(=O)CCc3ncccc3F)c(N)nc2-c2ccc(F)cc2)cc(C)n1. The minimum atomic E-state index is -0.473. The summed E-state index contributed by atoms with van der Waals surface area (Å²) < 4.78 is 27.4. The van der Waals surface area contributed by atoms with Crippen LogP contribution in [0.15, 0.2) is 54.7 Å². The first-order valence-electron chi connectivity index (χ1n) is 10.3. The van der Waals surface area contributed by atoms with Crippen LogP contribution in [0.2, 0.25) is 0 Å². The van der Waals surface area contributed by atoms with Crippen LogP contribution >= 0.6 is 0 Å². The molecular weight excluding hydrogens is 424 g/mol. The van der Waals surface area contributed by atoms with Crippen LogP contribution in [-0.4, -0.2) is 25.7 Å². The van der Waals surface area contributed by atoms with Crippen molar-refractivity contribution in [2.45, 2.75) is 26.7 Å². The summed E-state index contributed by atoms with van der Waals surface area (Å²) in [6.45, 7) is 3.71. The van der Waals surface area contributed by atoms with Crippen LogP contribution in [0.3, 0.4) is 0 Å². The number of rotatable bonds is 6. The Morgan fingerprint density at radius 1 is 0.909 bits per heavy atom. The Balaban J connectivity index is 1.78. The van der Waals surface area contributed by atoms with Crippen LogP contribution in [0.4, 0.5) is 14.6 Å². The Hall–Kier alpha value is -4.07. The largest absolute Gasteiger partial charge is 0.382 e. The van der Waals surface area contributed by atoms with E-state index < -0.39 is 5.82 Å². The fourth-order valence-electron chi connectivity index (χ4n) is 3.59. The van der Waals surface area contributed by atoms with Crippen LogP contribution < -0.4 is 5.73 Å². The van der Waals surface area contributed by atoms with Crippen molar-refractivity contribution >= 4 is 11.6 Å². The summed E-state index contributed by atoms with van der Waals surface area (Å²) >= 11 is 0. The molecular formula is C25H21F2N5O. The molecule has 6 nitrogen and oxygen atoms in total. The Labute approximate surface area is 189 Å². The number of ketones is 1. The Bertz CT molecular complexity index is 1320. The van der Waals surface area contributed by atoms with E-state index in [9.17, 15) is 13.6 Å². The number of hydrogen-bond donors (Lipinski definition) is 1. The lowest BCUT2D eigenvalue weighted by Gasteiger charge is -2.13. The zero-order valence-corrected chi connectivity index (χ0v) is 18.1. The number of aromatic nitrogens is 4. The van der Waals surface area contributed by atoms with Gasteiger partial charge in [-0.05, 0) is 68.8 Å². The van der Waals surface area contributed by atoms with Gasteiger partial charge >= 0.3 is 0 Å². The van der Waals surface area contributed by atoms with E-state index in [0.717, 1.165) is 11.4 Å². The van der Waals surface area contributed by atoms with E-state index in [0.29, 0.717) is 22.5 Å². The fraction of sp³-hybridized carbons (Fsp3) is 0.160. The maximum Gasteiger partial charge on any atom is 0.185 e. The molecule has 33 heavy (non-hydrogen) atoms. The van der Waals surface area contributed by atoms with Gasteiger partial charge in [0, 0.05) is 35.1 Å². The van der Waals surface area contributed by atoms with Crippen LogP contribution in [-0.2, 0) is 6.42 Å². The monoisotopic (exact) mass is 445 g/mol. The molecule has 0 aliphatic rings. The second-order valence-corrected chi connectivity index (χ2v) is 7.66. The number of carbonyl (C=O) groups is 1. The third-order valence-corrected chi connectivity index (χ3v) is 5.08. The third kappa shape index (κ3) is 4.90. The molecule has 0 saturated heterocycles. The van der Waals surface area contributed by atoms with E-state index in [1.54, 1.807) is 12.1 Å². The van der Waals surface area contributed by atoms with E-state index in [1.807, 2.05) is 26.0 Å². The van der Waals surface area contributed by atoms with Gasteiger partial charge in [-0.3, -0.25) is 14.8 Å². The van der Waals surface area contributed by atoms with Crippen molar-refractivity contribution in [2.75, 3.05) is 5.73 Å². The number of nitrogens with two attached hydrogens (primary N) is 1. The zero-order chi connectivity index (χ0) is 23.5. The van der Waals surface area contributed by atoms with Crippen molar-refractivity contribution in [2.24, 2.45) is 0 Å². The topological polar surface area (TPSA) is 94.7 Å². The van der Waals surface area contributed by atoms with Gasteiger partial charge < -0.3 is 5.73 Å². The number of nitrogens with zero attached hydrogens (tertiary/aromatic N) is 4. The van der Waals surface area contributed by atoms with Crippen molar-refractivity contribution in [1.29, 1.82) is 0 Å². The molecule has 0 atom stereocenters. The van der Waals surface area contributed by atoms with Gasteiger partial charge in [-0.15, -0.1) is 0 Å². The third-order valence-electron chi connectivity index (χ3n) is 5.08. The highest BCUT2D eigenvalue weighted by Gasteiger charge is 2.21. The summed E-state index contributed by atoms with van der Waals surface area (Å²) in [7, 11) is 0. The second-order valence-electron chi connectivity index (χ2n) is 7.66. The highest BCUT2D eigenvalue weighted by molar-refractivity contribution is 5.99. The molecule has 0 aliphatic carbocycles. The predicted molar refractivity (Wildman–Crippen MR) is 121 cm³/mol. The molecule has 0 fully saturated rings. The first-order valence-corrected chi connectivity index (χ1v) is 10.3. The van der Waals surface area contributed by atoms with Crippen molar-refractivity contribution < 1.29 is 13.6 Å². The molecule has 0 aliphatic heterocycles. The number of hydrogen-bond acceptors (Lipinski definition) is 6. The summed E-state index contributed by atoms with van der Waals surface area (Å²) in [6, 6.07) is 12.2. The Morgan fingerprint density at radius 3 is 2.24 bits per heavy atom. The molecule has 0 bridgehead atoms. The number of pyridine rings is 2. The van der Waals surface area contributed by atoms with Crippen LogP contribution in [0.5, 0.6) is 0 Å². The van der Waals surface area contributed by atoms with Gasteiger partial charge in [0.2, 0.25) is 0 Å². The van der Waals surface area contributed by atoms with E-state index in [2.05, 4.69) is 19.9 Å². The number of Topliss-reactive ketones (excluding diaryl/α,β-unsaturated/α-hetero) is 1. The van der Waals surface area contributed by atoms with E-state index in [1.165, 1.54) is 30.5 Å². The van der Waals surface area contributed by atoms with Crippen molar-refractivity contribution in [1.82, 2.24) is 19.9 Å². The van der Waals surface area contributed by atoms with Crippen molar-refractivity contribution in [3.05, 3.63) is 89.1 Å². The quantitative estimate of drug-likeness (QED) is 0.425. The molecule has 0 amide bonds. The molecule has 0 saturated carbocycles. The van der Waals surface area contributed by atoms with Crippen LogP contribution in [0.25, 0.3) is 22.5 Å². The Morgan fingerprint density at radius 2 is 1.58 bits per heavy atom. The van der Waals surface area contributed by atoms with E-state index in [4.69, 9.17) is 5.73 Å². The average molecular weight is 445 g/mol. The fourth-order valence-corrected chi connectivity index (χ4v) is 3.59. The summed E-state index contributed by atoms with van der Waals surface area (Å²) in [5, 5.41) is 0. The average Bonchev–Trinajstić information content (AvgIpc) is 2.78. The highest BCUT2D eigenvalue weighted by atomic mass is 19.1. The minimum absolute atomic E-state index is 0.000630. The number of carbonyl (C=O) groups excluding carboxylic acids is 1. The standard InChI is InChI=1S/C25H21F2N5O/c1-14-12-17(13-15(2)30-14)23-22(16-5-7-18(26)8-6-16)32-25(28)24(31-23)21(33)10-9-20-19(27)4-3-11-29-20/h3-8,11-13H,9-10H2,1-2H3,(H2,28,32). The van der Waals surface area contributed by atoms with E-state index >= 15 is 0 Å². The molecule has 0 spiro atoms.